The maximum Gasteiger partial charge on any atom is 0.328 e. The number of aliphatic carboxylic acids is 1. The van der Waals surface area contributed by atoms with Gasteiger partial charge in [-0.2, -0.15) is 0 Å². The molecule has 0 aliphatic carbocycles. The van der Waals surface area contributed by atoms with Crippen LogP contribution in [0.4, 0.5) is 0 Å². The molecule has 0 saturated heterocycles. The molecule has 0 aliphatic heterocycles. The maximum absolute atomic E-state index is 13.1. The Bertz CT molecular complexity index is 1360. The van der Waals surface area contributed by atoms with Gasteiger partial charge in [0, 0.05) is 42.0 Å². The monoisotopic (exact) mass is 446 g/mol. The van der Waals surface area contributed by atoms with E-state index in [2.05, 4.69) is 29.2 Å². The predicted molar refractivity (Wildman–Crippen MR) is 125 cm³/mol. The molecule has 0 radical (unpaired) electrons. The molecule has 4 aromatic heterocycles. The number of aryl methyl sites for hydroxylation is 2. The highest BCUT2D eigenvalue weighted by Crippen LogP contribution is 2.22. The number of carbonyl (C=O) groups is 1. The second-order valence-corrected chi connectivity index (χ2v) is 8.61. The van der Waals surface area contributed by atoms with E-state index in [0.29, 0.717) is 22.8 Å². The van der Waals surface area contributed by atoms with Gasteiger partial charge in [0.1, 0.15) is 5.65 Å². The van der Waals surface area contributed by atoms with Gasteiger partial charge in [-0.3, -0.25) is 14.2 Å². The second-order valence-electron chi connectivity index (χ2n) is 7.67. The fourth-order valence-electron chi connectivity index (χ4n) is 3.34. The predicted octanol–water partition coefficient (Wildman–Crippen LogP) is 4.22. The van der Waals surface area contributed by atoms with E-state index in [1.54, 1.807) is 42.1 Å². The number of hydrogen-bond acceptors (Lipinski definition) is 6. The third kappa shape index (κ3) is 4.65. The Kier molecular flexibility index (Phi) is 6.23. The number of pyridine rings is 2. The lowest BCUT2D eigenvalue weighted by atomic mass is 10.1. The quantitative estimate of drug-likeness (QED) is 0.427. The van der Waals surface area contributed by atoms with Crippen LogP contribution < -0.4 is 5.56 Å². The van der Waals surface area contributed by atoms with Gasteiger partial charge < -0.3 is 5.11 Å². The van der Waals surface area contributed by atoms with Gasteiger partial charge in [0.15, 0.2) is 0 Å². The van der Waals surface area contributed by atoms with E-state index >= 15 is 0 Å². The molecule has 0 amide bonds. The van der Waals surface area contributed by atoms with Crippen LogP contribution >= 0.6 is 11.3 Å². The van der Waals surface area contributed by atoms with Crippen molar-refractivity contribution < 1.29 is 9.90 Å². The first-order valence-corrected chi connectivity index (χ1v) is 11.1. The Morgan fingerprint density at radius 3 is 2.66 bits per heavy atom. The number of fused-ring (bicyclic) bond motifs is 1. The highest BCUT2D eigenvalue weighted by molar-refractivity contribution is 7.09. The van der Waals surface area contributed by atoms with Crippen molar-refractivity contribution in [1.29, 1.82) is 0 Å². The van der Waals surface area contributed by atoms with E-state index in [4.69, 9.17) is 10.1 Å². The minimum absolute atomic E-state index is 0.216. The normalized spacial score (nSPS) is 11.6. The lowest BCUT2D eigenvalue weighted by molar-refractivity contribution is -0.131. The number of rotatable bonds is 7. The van der Waals surface area contributed by atoms with E-state index in [9.17, 15) is 9.59 Å². The van der Waals surface area contributed by atoms with Crippen molar-refractivity contribution in [2.75, 3.05) is 0 Å². The maximum atomic E-state index is 13.1. The van der Waals surface area contributed by atoms with Crippen molar-refractivity contribution in [2.45, 2.75) is 32.6 Å². The van der Waals surface area contributed by atoms with Gasteiger partial charge in [0.25, 0.3) is 5.56 Å². The molecule has 0 aromatic carbocycles. The Morgan fingerprint density at radius 2 is 1.97 bits per heavy atom. The highest BCUT2D eigenvalue weighted by atomic mass is 32.1. The first kappa shape index (κ1) is 21.6. The molecule has 0 bridgehead atoms. The molecule has 0 unspecified atom stereocenters. The smallest absolute Gasteiger partial charge is 0.328 e. The average molecular weight is 447 g/mol. The SMILES string of the molecule is CC(C)c1csc(CCc2ccn3c(=O)c(C=CC(=O)O)c(-c4ccncc4)nc3c2)n1. The zero-order chi connectivity index (χ0) is 22.7. The third-order valence-electron chi connectivity index (χ3n) is 5.06. The average Bonchev–Trinajstić information content (AvgIpc) is 3.27. The standard InChI is InChI=1S/C24H22N4O3S/c1-15(2)19-14-32-21(26-19)5-3-16-9-12-28-20(13-16)27-23(17-7-10-25-11-8-17)18(24(28)31)4-6-22(29)30/h4,6-15H,3,5H2,1-2H3,(H,29,30). The summed E-state index contributed by atoms with van der Waals surface area (Å²) in [6, 6.07) is 7.28. The molecule has 7 nitrogen and oxygen atoms in total. The number of carboxylic acids is 1. The van der Waals surface area contributed by atoms with Crippen molar-refractivity contribution in [3.63, 3.8) is 0 Å². The number of aromatic nitrogens is 4. The van der Waals surface area contributed by atoms with Gasteiger partial charge in [0.05, 0.1) is 22.0 Å². The summed E-state index contributed by atoms with van der Waals surface area (Å²) in [5, 5.41) is 12.2. The van der Waals surface area contributed by atoms with Crippen LogP contribution in [0, 0.1) is 0 Å². The molecule has 4 rings (SSSR count). The largest absolute Gasteiger partial charge is 0.478 e. The lowest BCUT2D eigenvalue weighted by Gasteiger charge is -2.10. The fraction of sp³-hybridized carbons (Fsp3) is 0.208. The summed E-state index contributed by atoms with van der Waals surface area (Å²) in [5.74, 6) is -0.721. The molecular formula is C24H22N4O3S. The fourth-order valence-corrected chi connectivity index (χ4v) is 4.30. The van der Waals surface area contributed by atoms with Crippen molar-refractivity contribution in [2.24, 2.45) is 0 Å². The van der Waals surface area contributed by atoms with E-state index < -0.39 is 5.97 Å². The molecule has 0 fully saturated rings. The van der Waals surface area contributed by atoms with Gasteiger partial charge in [-0.1, -0.05) is 13.8 Å². The molecule has 8 heteroatoms. The van der Waals surface area contributed by atoms with Crippen LogP contribution in [0.15, 0.2) is 59.1 Å². The Hall–Kier alpha value is -3.65. The molecule has 0 spiro atoms. The van der Waals surface area contributed by atoms with Gasteiger partial charge >= 0.3 is 5.97 Å². The van der Waals surface area contributed by atoms with Crippen LogP contribution in [0.5, 0.6) is 0 Å². The summed E-state index contributed by atoms with van der Waals surface area (Å²) < 4.78 is 1.44. The molecule has 162 valence electrons. The molecule has 4 aromatic rings. The van der Waals surface area contributed by atoms with E-state index in [1.807, 2.05) is 12.1 Å². The molecule has 4 heterocycles. The Labute approximate surface area is 188 Å². The third-order valence-corrected chi connectivity index (χ3v) is 5.99. The molecule has 0 aliphatic rings. The molecule has 1 N–H and O–H groups in total. The van der Waals surface area contributed by atoms with Crippen molar-refractivity contribution in [3.05, 3.63) is 86.5 Å². The number of hydrogen-bond donors (Lipinski definition) is 1. The second kappa shape index (κ2) is 9.23. The van der Waals surface area contributed by atoms with Crippen molar-refractivity contribution >= 4 is 29.0 Å². The van der Waals surface area contributed by atoms with Gasteiger partial charge in [-0.25, -0.2) is 14.8 Å². The molecule has 0 saturated carbocycles. The lowest BCUT2D eigenvalue weighted by Crippen LogP contribution is -2.19. The van der Waals surface area contributed by atoms with Crippen molar-refractivity contribution in [3.8, 4) is 11.3 Å². The number of thiazole rings is 1. The van der Waals surface area contributed by atoms with Crippen LogP contribution in [0.1, 0.15) is 41.6 Å². The Balaban J connectivity index is 1.73. The summed E-state index contributed by atoms with van der Waals surface area (Å²) in [5.41, 5.74) is 3.68. The van der Waals surface area contributed by atoms with Crippen molar-refractivity contribution in [1.82, 2.24) is 19.4 Å². The van der Waals surface area contributed by atoms with Gasteiger partial charge in [-0.05, 0) is 48.2 Å². The minimum Gasteiger partial charge on any atom is -0.478 e. The summed E-state index contributed by atoms with van der Waals surface area (Å²) in [6.07, 6.45) is 8.75. The van der Waals surface area contributed by atoms with E-state index in [0.717, 1.165) is 35.2 Å². The summed E-state index contributed by atoms with van der Waals surface area (Å²) in [6.45, 7) is 4.26. The van der Waals surface area contributed by atoms with Gasteiger partial charge in [0.2, 0.25) is 0 Å². The highest BCUT2D eigenvalue weighted by Gasteiger charge is 2.14. The minimum atomic E-state index is -1.13. The van der Waals surface area contributed by atoms with Crippen LogP contribution in [-0.4, -0.2) is 30.4 Å². The first-order chi connectivity index (χ1) is 15.4. The molecular weight excluding hydrogens is 424 g/mol. The topological polar surface area (TPSA) is 97.5 Å². The number of nitrogens with zero attached hydrogens (tertiary/aromatic N) is 4. The van der Waals surface area contributed by atoms with Crippen LogP contribution in [-0.2, 0) is 17.6 Å². The molecule has 0 atom stereocenters. The van der Waals surface area contributed by atoms with Crippen LogP contribution in [0.2, 0.25) is 0 Å². The molecule has 32 heavy (non-hydrogen) atoms. The first-order valence-electron chi connectivity index (χ1n) is 10.2. The summed E-state index contributed by atoms with van der Waals surface area (Å²) in [4.78, 5) is 37.6. The summed E-state index contributed by atoms with van der Waals surface area (Å²) in [7, 11) is 0. The zero-order valence-corrected chi connectivity index (χ0v) is 18.5. The summed E-state index contributed by atoms with van der Waals surface area (Å²) >= 11 is 1.67. The zero-order valence-electron chi connectivity index (χ0n) is 17.7. The van der Waals surface area contributed by atoms with Crippen LogP contribution in [0.3, 0.4) is 0 Å². The van der Waals surface area contributed by atoms with Gasteiger partial charge in [-0.15, -0.1) is 11.3 Å². The van der Waals surface area contributed by atoms with E-state index in [1.165, 1.54) is 10.5 Å². The Morgan fingerprint density at radius 1 is 1.19 bits per heavy atom. The van der Waals surface area contributed by atoms with E-state index in [-0.39, 0.29) is 11.1 Å². The van der Waals surface area contributed by atoms with Crippen LogP contribution in [0.25, 0.3) is 23.0 Å². The number of carboxylic acid groups (broad SMARTS) is 1.